The number of hydrogen-bond acceptors (Lipinski definition) is 3. The van der Waals surface area contributed by atoms with Crippen molar-refractivity contribution in [3.63, 3.8) is 0 Å². The Morgan fingerprint density at radius 1 is 1.47 bits per heavy atom. The smallest absolute Gasteiger partial charge is 0.224 e. The molecule has 0 aliphatic carbocycles. The lowest BCUT2D eigenvalue weighted by Gasteiger charge is -2.15. The molecule has 0 saturated carbocycles. The van der Waals surface area contributed by atoms with E-state index in [0.717, 1.165) is 36.1 Å². The third-order valence-corrected chi connectivity index (χ3v) is 3.52. The lowest BCUT2D eigenvalue weighted by molar-refractivity contribution is -0.129. The maximum atomic E-state index is 11.8. The van der Waals surface area contributed by atoms with Crippen LogP contribution in [-0.4, -0.2) is 35.4 Å². The van der Waals surface area contributed by atoms with Crippen LogP contribution >= 0.6 is 15.9 Å². The normalized spacial score (nSPS) is 15.0. The zero-order chi connectivity index (χ0) is 12.1. The van der Waals surface area contributed by atoms with Crippen molar-refractivity contribution in [3.05, 3.63) is 22.9 Å². The maximum absolute atomic E-state index is 11.8. The summed E-state index contributed by atoms with van der Waals surface area (Å²) in [7, 11) is 0. The van der Waals surface area contributed by atoms with Crippen LogP contribution < -0.4 is 5.32 Å². The molecule has 1 amide bonds. The Morgan fingerprint density at radius 2 is 2.24 bits per heavy atom. The van der Waals surface area contributed by atoms with E-state index in [9.17, 15) is 4.79 Å². The molecule has 2 rings (SSSR count). The Kier molecular flexibility index (Phi) is 4.36. The molecule has 0 radical (unpaired) electrons. The zero-order valence-corrected chi connectivity index (χ0v) is 11.2. The molecule has 0 aromatic carbocycles. The van der Waals surface area contributed by atoms with E-state index in [0.29, 0.717) is 13.0 Å². The quantitative estimate of drug-likeness (QED) is 0.927. The molecule has 92 valence electrons. The van der Waals surface area contributed by atoms with Crippen LogP contribution in [0.5, 0.6) is 0 Å². The number of nitrogens with one attached hydrogen (secondary N) is 1. The summed E-state index contributed by atoms with van der Waals surface area (Å²) in [6, 6.07) is 1.89. The number of amides is 1. The summed E-state index contributed by atoms with van der Waals surface area (Å²) in [5.41, 5.74) is 0.981. The topological polar surface area (TPSA) is 45.2 Å². The van der Waals surface area contributed by atoms with Gasteiger partial charge in [0.25, 0.3) is 0 Å². The van der Waals surface area contributed by atoms with Gasteiger partial charge >= 0.3 is 0 Å². The largest absolute Gasteiger partial charge is 0.384 e. The van der Waals surface area contributed by atoms with Crippen LogP contribution in [0.3, 0.4) is 0 Å². The molecule has 1 aliphatic heterocycles. The van der Waals surface area contributed by atoms with Crippen LogP contribution in [0.25, 0.3) is 0 Å². The van der Waals surface area contributed by atoms with Gasteiger partial charge in [0.2, 0.25) is 5.91 Å². The van der Waals surface area contributed by atoms with Gasteiger partial charge in [-0.3, -0.25) is 9.78 Å². The molecule has 17 heavy (non-hydrogen) atoms. The second-order valence-electron chi connectivity index (χ2n) is 4.12. The summed E-state index contributed by atoms with van der Waals surface area (Å²) in [5.74, 6) is 0.250. The van der Waals surface area contributed by atoms with Crippen LogP contribution in [0, 0.1) is 0 Å². The Labute approximate surface area is 110 Å². The zero-order valence-electron chi connectivity index (χ0n) is 9.66. The number of rotatable bonds is 4. The van der Waals surface area contributed by atoms with Crippen LogP contribution in [0.1, 0.15) is 19.3 Å². The fourth-order valence-corrected chi connectivity index (χ4v) is 2.34. The number of carbonyl (C=O) groups is 1. The second kappa shape index (κ2) is 6.00. The number of aromatic nitrogens is 1. The molecular weight excluding hydrogens is 282 g/mol. The van der Waals surface area contributed by atoms with Gasteiger partial charge in [-0.05, 0) is 34.8 Å². The van der Waals surface area contributed by atoms with Gasteiger partial charge in [-0.1, -0.05) is 0 Å². The fraction of sp³-hybridized carbons (Fsp3) is 0.500. The van der Waals surface area contributed by atoms with Crippen molar-refractivity contribution >= 4 is 27.5 Å². The molecule has 1 saturated heterocycles. The van der Waals surface area contributed by atoms with Gasteiger partial charge in [-0.25, -0.2) is 0 Å². The van der Waals surface area contributed by atoms with Gasteiger partial charge in [0.1, 0.15) is 0 Å². The maximum Gasteiger partial charge on any atom is 0.224 e. The van der Waals surface area contributed by atoms with Crippen molar-refractivity contribution in [2.45, 2.75) is 19.3 Å². The first-order valence-electron chi connectivity index (χ1n) is 5.88. The number of nitrogens with zero attached hydrogens (tertiary/aromatic N) is 2. The minimum absolute atomic E-state index is 0.250. The van der Waals surface area contributed by atoms with Crippen LogP contribution in [0.2, 0.25) is 0 Å². The fourth-order valence-electron chi connectivity index (χ4n) is 1.95. The molecule has 0 bridgehead atoms. The summed E-state index contributed by atoms with van der Waals surface area (Å²) in [6.07, 6.45) is 6.32. The monoisotopic (exact) mass is 297 g/mol. The van der Waals surface area contributed by atoms with Gasteiger partial charge in [-0.15, -0.1) is 0 Å². The minimum atomic E-state index is 0.250. The lowest BCUT2D eigenvalue weighted by Crippen LogP contribution is -2.29. The third-order valence-electron chi connectivity index (χ3n) is 2.89. The predicted octanol–water partition coefficient (Wildman–Crippen LogP) is 2.27. The number of halogens is 1. The molecule has 0 spiro atoms. The molecule has 1 N–H and O–H groups in total. The van der Waals surface area contributed by atoms with E-state index < -0.39 is 0 Å². The first-order valence-corrected chi connectivity index (χ1v) is 6.68. The number of anilines is 1. The van der Waals surface area contributed by atoms with Gasteiger partial charge in [0.05, 0.1) is 10.2 Å². The highest BCUT2D eigenvalue weighted by atomic mass is 79.9. The van der Waals surface area contributed by atoms with Gasteiger partial charge < -0.3 is 10.2 Å². The predicted molar refractivity (Wildman–Crippen MR) is 70.9 cm³/mol. The molecule has 1 aromatic rings. The summed E-state index contributed by atoms with van der Waals surface area (Å²) in [4.78, 5) is 17.7. The van der Waals surface area contributed by atoms with Crippen LogP contribution in [0.15, 0.2) is 22.9 Å². The number of likely N-dealkylation sites (tertiary alicyclic amines) is 1. The third kappa shape index (κ3) is 3.43. The molecule has 1 fully saturated rings. The number of pyridine rings is 1. The molecular formula is C12H16BrN3O. The van der Waals surface area contributed by atoms with Gasteiger partial charge in [-0.2, -0.15) is 0 Å². The molecule has 1 aromatic heterocycles. The summed E-state index contributed by atoms with van der Waals surface area (Å²) in [6.45, 7) is 2.52. The molecule has 5 heteroatoms. The van der Waals surface area contributed by atoms with Crippen LogP contribution in [0.4, 0.5) is 5.69 Å². The van der Waals surface area contributed by atoms with E-state index >= 15 is 0 Å². The minimum Gasteiger partial charge on any atom is -0.384 e. The summed E-state index contributed by atoms with van der Waals surface area (Å²) < 4.78 is 0.925. The average Bonchev–Trinajstić information content (AvgIpc) is 2.85. The first kappa shape index (κ1) is 12.4. The van der Waals surface area contributed by atoms with E-state index in [4.69, 9.17) is 0 Å². The van der Waals surface area contributed by atoms with Gasteiger partial charge in [0, 0.05) is 38.4 Å². The van der Waals surface area contributed by atoms with Crippen LogP contribution in [-0.2, 0) is 4.79 Å². The lowest BCUT2D eigenvalue weighted by atomic mass is 10.3. The highest BCUT2D eigenvalue weighted by Gasteiger charge is 2.16. The summed E-state index contributed by atoms with van der Waals surface area (Å²) >= 11 is 3.41. The van der Waals surface area contributed by atoms with E-state index in [-0.39, 0.29) is 5.91 Å². The molecule has 1 aliphatic rings. The van der Waals surface area contributed by atoms with E-state index in [2.05, 4.69) is 26.2 Å². The Hall–Kier alpha value is -1.10. The Bertz CT molecular complexity index is 391. The van der Waals surface area contributed by atoms with Crippen molar-refractivity contribution in [1.29, 1.82) is 0 Å². The highest BCUT2D eigenvalue weighted by molar-refractivity contribution is 9.10. The van der Waals surface area contributed by atoms with E-state index in [1.54, 1.807) is 12.4 Å². The standard InChI is InChI=1S/C12H16BrN3O/c13-10-9-14-5-3-11(10)15-6-4-12(17)16-7-1-2-8-16/h3,5,9H,1-2,4,6-8H2,(H,14,15). The Morgan fingerprint density at radius 3 is 2.94 bits per heavy atom. The molecule has 0 atom stereocenters. The van der Waals surface area contributed by atoms with E-state index in [1.165, 1.54) is 0 Å². The summed E-state index contributed by atoms with van der Waals surface area (Å²) in [5, 5.41) is 3.23. The van der Waals surface area contributed by atoms with Crippen molar-refractivity contribution in [2.75, 3.05) is 25.0 Å². The molecule has 0 unspecified atom stereocenters. The van der Waals surface area contributed by atoms with Crippen molar-refractivity contribution in [1.82, 2.24) is 9.88 Å². The van der Waals surface area contributed by atoms with E-state index in [1.807, 2.05) is 11.0 Å². The highest BCUT2D eigenvalue weighted by Crippen LogP contribution is 2.19. The number of carbonyl (C=O) groups excluding carboxylic acids is 1. The SMILES string of the molecule is O=C(CCNc1ccncc1Br)N1CCCC1. The molecule has 2 heterocycles. The second-order valence-corrected chi connectivity index (χ2v) is 4.97. The average molecular weight is 298 g/mol. The van der Waals surface area contributed by atoms with Crippen molar-refractivity contribution in [3.8, 4) is 0 Å². The van der Waals surface area contributed by atoms with Crippen molar-refractivity contribution < 1.29 is 4.79 Å². The molecule has 4 nitrogen and oxygen atoms in total. The number of hydrogen-bond donors (Lipinski definition) is 1. The first-order chi connectivity index (χ1) is 8.27. The van der Waals surface area contributed by atoms with Crippen molar-refractivity contribution in [2.24, 2.45) is 0 Å². The Balaban J connectivity index is 1.76. The van der Waals surface area contributed by atoms with Gasteiger partial charge in [0.15, 0.2) is 0 Å².